The van der Waals surface area contributed by atoms with Crippen molar-refractivity contribution in [2.24, 2.45) is 5.92 Å². The lowest BCUT2D eigenvalue weighted by molar-refractivity contribution is -0.152. The fourth-order valence-electron chi connectivity index (χ4n) is 2.94. The molecule has 0 aromatic rings. The second-order valence-electron chi connectivity index (χ2n) is 6.83. The van der Waals surface area contributed by atoms with Crippen LogP contribution in [-0.4, -0.2) is 39.4 Å². The van der Waals surface area contributed by atoms with Gasteiger partial charge >= 0.3 is 18.0 Å². The normalized spacial score (nSPS) is 19.0. The quantitative estimate of drug-likeness (QED) is 0.718. The zero-order valence-electron chi connectivity index (χ0n) is 13.3. The predicted molar refractivity (Wildman–Crippen MR) is 78.6 cm³/mol. The number of nitrogens with one attached hydrogen (secondary N) is 1. The van der Waals surface area contributed by atoms with E-state index in [1.165, 1.54) is 0 Å². The molecule has 0 aromatic heterocycles. The summed E-state index contributed by atoms with van der Waals surface area (Å²) in [4.78, 5) is 34.6. The number of carboxylic acid groups (broad SMARTS) is 2. The lowest BCUT2D eigenvalue weighted by Crippen LogP contribution is -2.58. The molecular weight excluding hydrogens is 290 g/mol. The summed E-state index contributed by atoms with van der Waals surface area (Å²) in [5.74, 6) is -3.57. The number of rotatable bonds is 5. The van der Waals surface area contributed by atoms with E-state index in [0.29, 0.717) is 12.8 Å². The van der Waals surface area contributed by atoms with E-state index in [0.717, 1.165) is 19.3 Å². The van der Waals surface area contributed by atoms with Crippen LogP contribution < -0.4 is 5.32 Å². The predicted octanol–water partition coefficient (Wildman–Crippen LogP) is 2.39. The van der Waals surface area contributed by atoms with E-state index >= 15 is 0 Å². The minimum absolute atomic E-state index is 0.441. The topological polar surface area (TPSA) is 113 Å². The number of aliphatic carboxylic acids is 2. The highest BCUT2D eigenvalue weighted by Crippen LogP contribution is 2.37. The summed E-state index contributed by atoms with van der Waals surface area (Å²) in [6.45, 7) is 5.14. The van der Waals surface area contributed by atoms with E-state index in [4.69, 9.17) is 9.84 Å². The molecule has 0 heterocycles. The van der Waals surface area contributed by atoms with Gasteiger partial charge in [0.15, 0.2) is 0 Å². The number of carboxylic acids is 2. The molecule has 22 heavy (non-hydrogen) atoms. The molecule has 0 aromatic carbocycles. The summed E-state index contributed by atoms with van der Waals surface area (Å²) in [5, 5.41) is 21.1. The smallest absolute Gasteiger partial charge is 0.408 e. The van der Waals surface area contributed by atoms with Gasteiger partial charge in [-0.25, -0.2) is 4.79 Å². The van der Waals surface area contributed by atoms with E-state index in [1.54, 1.807) is 20.8 Å². The molecule has 0 bridgehead atoms. The largest absolute Gasteiger partial charge is 0.481 e. The summed E-state index contributed by atoms with van der Waals surface area (Å²) in [7, 11) is 0. The van der Waals surface area contributed by atoms with E-state index in [2.05, 4.69) is 5.32 Å². The number of ether oxygens (including phenoxy) is 1. The highest BCUT2D eigenvalue weighted by Gasteiger charge is 2.46. The van der Waals surface area contributed by atoms with Gasteiger partial charge in [0.2, 0.25) is 0 Å². The number of alkyl carbamates (subject to hydrolysis) is 1. The molecule has 7 heteroatoms. The third-order valence-corrected chi connectivity index (χ3v) is 3.84. The van der Waals surface area contributed by atoms with Crippen LogP contribution in [0, 0.1) is 5.92 Å². The van der Waals surface area contributed by atoms with Crippen molar-refractivity contribution in [2.75, 3.05) is 0 Å². The maximum Gasteiger partial charge on any atom is 0.408 e. The Bertz CT molecular complexity index is 434. The molecule has 1 rings (SSSR count). The van der Waals surface area contributed by atoms with Gasteiger partial charge in [-0.2, -0.15) is 0 Å². The van der Waals surface area contributed by atoms with E-state index in [1.807, 2.05) is 0 Å². The van der Waals surface area contributed by atoms with Crippen LogP contribution >= 0.6 is 0 Å². The van der Waals surface area contributed by atoms with Crippen LogP contribution in [0.5, 0.6) is 0 Å². The van der Waals surface area contributed by atoms with Crippen molar-refractivity contribution in [1.29, 1.82) is 0 Å². The molecule has 7 nitrogen and oxygen atoms in total. The van der Waals surface area contributed by atoms with Gasteiger partial charge < -0.3 is 20.3 Å². The van der Waals surface area contributed by atoms with Crippen LogP contribution in [0.3, 0.4) is 0 Å². The van der Waals surface area contributed by atoms with E-state index in [9.17, 15) is 19.5 Å². The molecule has 1 aliphatic carbocycles. The molecule has 0 radical (unpaired) electrons. The van der Waals surface area contributed by atoms with Crippen molar-refractivity contribution < 1.29 is 29.3 Å². The lowest BCUT2D eigenvalue weighted by atomic mass is 9.71. The Labute approximate surface area is 130 Å². The van der Waals surface area contributed by atoms with Crippen LogP contribution in [0.25, 0.3) is 0 Å². The Balaban J connectivity index is 2.99. The summed E-state index contributed by atoms with van der Waals surface area (Å²) in [5.41, 5.74) is -1.77. The van der Waals surface area contributed by atoms with Gasteiger partial charge in [-0.1, -0.05) is 19.3 Å². The molecule has 1 fully saturated rings. The summed E-state index contributed by atoms with van der Waals surface area (Å²) < 4.78 is 5.21. The number of hydrogen-bond acceptors (Lipinski definition) is 4. The summed E-state index contributed by atoms with van der Waals surface area (Å²) in [6, 6.07) is 0. The minimum atomic E-state index is -1.21. The minimum Gasteiger partial charge on any atom is -0.481 e. The standard InChI is InChI=1S/C15H25NO6/c1-14(2,3)22-13(21)16-15(7-5-4-6-8-15)10(12(19)20)9-11(17)18/h10H,4-9H2,1-3H3,(H,16,21)(H,17,18)(H,19,20). The van der Waals surface area contributed by atoms with Gasteiger partial charge in [-0.15, -0.1) is 0 Å². The Hall–Kier alpha value is -1.79. The fourth-order valence-corrected chi connectivity index (χ4v) is 2.94. The van der Waals surface area contributed by atoms with Crippen LogP contribution in [0.4, 0.5) is 4.79 Å². The molecule has 126 valence electrons. The second-order valence-corrected chi connectivity index (χ2v) is 6.83. The Kier molecular flexibility index (Phi) is 5.79. The molecular formula is C15H25NO6. The third-order valence-electron chi connectivity index (χ3n) is 3.84. The first-order valence-electron chi connectivity index (χ1n) is 7.51. The summed E-state index contributed by atoms with van der Waals surface area (Å²) >= 11 is 0. The van der Waals surface area contributed by atoms with Gasteiger partial charge in [0.25, 0.3) is 0 Å². The van der Waals surface area contributed by atoms with Gasteiger partial charge in [-0.05, 0) is 33.6 Å². The second kappa shape index (κ2) is 6.98. The molecule has 0 spiro atoms. The first kappa shape index (κ1) is 18.3. The molecule has 0 saturated heterocycles. The Morgan fingerprint density at radius 1 is 1.14 bits per heavy atom. The van der Waals surface area contributed by atoms with Crippen LogP contribution in [0.15, 0.2) is 0 Å². The molecule has 3 N–H and O–H groups in total. The number of amides is 1. The number of hydrogen-bond donors (Lipinski definition) is 3. The fraction of sp³-hybridized carbons (Fsp3) is 0.800. The number of carbonyl (C=O) groups excluding carboxylic acids is 1. The molecule has 1 unspecified atom stereocenters. The molecule has 1 amide bonds. The van der Waals surface area contributed by atoms with Crippen LogP contribution in [0.1, 0.15) is 59.3 Å². The molecule has 1 saturated carbocycles. The third kappa shape index (κ3) is 5.20. The van der Waals surface area contributed by atoms with Crippen LogP contribution in [0.2, 0.25) is 0 Å². The monoisotopic (exact) mass is 315 g/mol. The Morgan fingerprint density at radius 3 is 2.09 bits per heavy atom. The highest BCUT2D eigenvalue weighted by atomic mass is 16.6. The van der Waals surface area contributed by atoms with E-state index < -0.39 is 41.5 Å². The van der Waals surface area contributed by atoms with Crippen molar-refractivity contribution in [1.82, 2.24) is 5.32 Å². The zero-order chi connectivity index (χ0) is 17.0. The van der Waals surface area contributed by atoms with Gasteiger partial charge in [0.05, 0.1) is 17.9 Å². The van der Waals surface area contributed by atoms with Crippen molar-refractivity contribution in [3.63, 3.8) is 0 Å². The average Bonchev–Trinajstić information content (AvgIpc) is 2.33. The highest BCUT2D eigenvalue weighted by molar-refractivity contribution is 5.80. The average molecular weight is 315 g/mol. The summed E-state index contributed by atoms with van der Waals surface area (Å²) in [6.07, 6.45) is 2.10. The molecule has 1 atom stereocenters. The maximum absolute atomic E-state index is 12.1. The molecule has 1 aliphatic rings. The van der Waals surface area contributed by atoms with E-state index in [-0.39, 0.29) is 0 Å². The number of carbonyl (C=O) groups is 3. The molecule has 0 aliphatic heterocycles. The first-order valence-corrected chi connectivity index (χ1v) is 7.51. The SMILES string of the molecule is CC(C)(C)OC(=O)NC1(C(CC(=O)O)C(=O)O)CCCCC1. The van der Waals surface area contributed by atoms with Crippen molar-refractivity contribution in [2.45, 2.75) is 70.4 Å². The van der Waals surface area contributed by atoms with Gasteiger partial charge in [0.1, 0.15) is 5.60 Å². The van der Waals surface area contributed by atoms with Crippen molar-refractivity contribution >= 4 is 18.0 Å². The van der Waals surface area contributed by atoms with Crippen molar-refractivity contribution in [3.05, 3.63) is 0 Å². The lowest BCUT2D eigenvalue weighted by Gasteiger charge is -2.42. The Morgan fingerprint density at radius 2 is 1.68 bits per heavy atom. The first-order chi connectivity index (χ1) is 10.1. The zero-order valence-corrected chi connectivity index (χ0v) is 13.3. The van der Waals surface area contributed by atoms with Gasteiger partial charge in [-0.3, -0.25) is 9.59 Å². The van der Waals surface area contributed by atoms with Crippen LogP contribution in [-0.2, 0) is 14.3 Å². The van der Waals surface area contributed by atoms with Crippen molar-refractivity contribution in [3.8, 4) is 0 Å². The maximum atomic E-state index is 12.1. The van der Waals surface area contributed by atoms with Gasteiger partial charge in [0, 0.05) is 0 Å².